The van der Waals surface area contributed by atoms with E-state index >= 15 is 0 Å². The van der Waals surface area contributed by atoms with Crippen molar-refractivity contribution >= 4 is 0 Å². The highest BCUT2D eigenvalue weighted by atomic mass is 19.4. The lowest BCUT2D eigenvalue weighted by Gasteiger charge is -2.24. The van der Waals surface area contributed by atoms with Crippen LogP contribution in [-0.2, 0) is 11.6 Å². The van der Waals surface area contributed by atoms with Crippen molar-refractivity contribution in [1.82, 2.24) is 0 Å². The van der Waals surface area contributed by atoms with Crippen LogP contribution in [0.3, 0.4) is 0 Å². The molecule has 0 heterocycles. The van der Waals surface area contributed by atoms with Crippen LogP contribution in [-0.4, -0.2) is 20.3 Å². The van der Waals surface area contributed by atoms with E-state index in [9.17, 15) is 13.2 Å². The lowest BCUT2D eigenvalue weighted by molar-refractivity contribution is -0.139. The number of hydrogen-bond donors (Lipinski definition) is 1. The summed E-state index contributed by atoms with van der Waals surface area (Å²) in [5, 5.41) is 0. The maximum Gasteiger partial charge on any atom is 0.420 e. The third kappa shape index (κ3) is 2.32. The van der Waals surface area contributed by atoms with E-state index in [1.807, 2.05) is 6.92 Å². The number of ether oxygens (including phenoxy) is 2. The molecule has 1 aromatic rings. The fraction of sp³-hybridized carbons (Fsp3) is 0.571. The van der Waals surface area contributed by atoms with Crippen molar-refractivity contribution in [3.8, 4) is 11.5 Å². The minimum absolute atomic E-state index is 0.0873. The van der Waals surface area contributed by atoms with Crippen molar-refractivity contribution in [2.75, 3.05) is 14.2 Å². The average molecular weight is 289 g/mol. The van der Waals surface area contributed by atoms with Gasteiger partial charge in [-0.2, -0.15) is 13.2 Å². The van der Waals surface area contributed by atoms with Gasteiger partial charge < -0.3 is 15.2 Å². The number of halogens is 3. The van der Waals surface area contributed by atoms with Crippen molar-refractivity contribution in [1.29, 1.82) is 0 Å². The first-order chi connectivity index (χ1) is 9.26. The first-order valence-electron chi connectivity index (χ1n) is 6.35. The third-order valence-corrected chi connectivity index (χ3v) is 4.02. The Kier molecular flexibility index (Phi) is 3.62. The topological polar surface area (TPSA) is 44.5 Å². The number of rotatable bonds is 4. The van der Waals surface area contributed by atoms with Crippen LogP contribution < -0.4 is 15.2 Å². The van der Waals surface area contributed by atoms with Gasteiger partial charge in [0.05, 0.1) is 14.2 Å². The minimum atomic E-state index is -4.50. The molecule has 0 amide bonds. The molecule has 1 aliphatic carbocycles. The fourth-order valence-electron chi connectivity index (χ4n) is 2.60. The van der Waals surface area contributed by atoms with Crippen LogP contribution in [0.4, 0.5) is 13.2 Å². The molecular formula is C14H18F3NO2. The highest BCUT2D eigenvalue weighted by Crippen LogP contribution is 2.53. The van der Waals surface area contributed by atoms with Crippen molar-refractivity contribution in [2.24, 2.45) is 5.73 Å². The molecule has 0 saturated heterocycles. The molecule has 0 spiro atoms. The van der Waals surface area contributed by atoms with Crippen molar-refractivity contribution in [2.45, 2.75) is 37.4 Å². The van der Waals surface area contributed by atoms with Crippen molar-refractivity contribution in [3.63, 3.8) is 0 Å². The van der Waals surface area contributed by atoms with E-state index in [0.29, 0.717) is 5.56 Å². The Balaban J connectivity index is 2.62. The van der Waals surface area contributed by atoms with Gasteiger partial charge >= 0.3 is 6.18 Å². The summed E-state index contributed by atoms with van der Waals surface area (Å²) in [6, 6.07) is 2.53. The zero-order valence-electron chi connectivity index (χ0n) is 11.7. The van der Waals surface area contributed by atoms with E-state index in [4.69, 9.17) is 15.2 Å². The molecule has 1 fully saturated rings. The van der Waals surface area contributed by atoms with Crippen LogP contribution >= 0.6 is 0 Å². The Morgan fingerprint density at radius 3 is 2.15 bits per heavy atom. The second-order valence-electron chi connectivity index (χ2n) is 5.20. The van der Waals surface area contributed by atoms with Crippen LogP contribution in [0.1, 0.15) is 30.9 Å². The van der Waals surface area contributed by atoms with Gasteiger partial charge in [0, 0.05) is 11.5 Å². The number of alkyl halides is 3. The summed E-state index contributed by atoms with van der Waals surface area (Å²) >= 11 is 0. The Hall–Kier alpha value is -1.43. The minimum Gasteiger partial charge on any atom is -0.493 e. The molecule has 1 atom stereocenters. The van der Waals surface area contributed by atoms with Crippen LogP contribution in [0, 0.1) is 0 Å². The van der Waals surface area contributed by atoms with Crippen molar-refractivity contribution in [3.05, 3.63) is 23.3 Å². The summed E-state index contributed by atoms with van der Waals surface area (Å²) < 4.78 is 49.4. The van der Waals surface area contributed by atoms with Gasteiger partial charge in [0.1, 0.15) is 5.56 Å². The molecule has 0 radical (unpaired) electrons. The monoisotopic (exact) mass is 289 g/mol. The number of nitrogens with two attached hydrogens (primary N) is 1. The molecule has 2 N–H and O–H groups in total. The van der Waals surface area contributed by atoms with Crippen LogP contribution in [0.15, 0.2) is 12.1 Å². The molecule has 0 aromatic heterocycles. The Bertz CT molecular complexity index is 508. The molecule has 112 valence electrons. The Labute approximate surface area is 115 Å². The molecule has 1 aliphatic rings. The van der Waals surface area contributed by atoms with Gasteiger partial charge in [0.2, 0.25) is 0 Å². The van der Waals surface area contributed by atoms with Crippen LogP contribution in [0.25, 0.3) is 0 Å². The SMILES string of the molecule is COc1cc(C2(C(C)N)CC2)cc(C(F)(F)F)c1OC. The highest BCUT2D eigenvalue weighted by Gasteiger charge is 2.49. The summed E-state index contributed by atoms with van der Waals surface area (Å²) in [5.74, 6) is -0.200. The molecule has 3 nitrogen and oxygen atoms in total. The summed E-state index contributed by atoms with van der Waals surface area (Å²) in [5.41, 5.74) is 5.31. The molecular weight excluding hydrogens is 271 g/mol. The second-order valence-corrected chi connectivity index (χ2v) is 5.20. The van der Waals surface area contributed by atoms with Crippen LogP contribution in [0.5, 0.6) is 11.5 Å². The molecule has 1 aromatic carbocycles. The predicted octanol–water partition coefficient (Wildman–Crippen LogP) is 3.10. The largest absolute Gasteiger partial charge is 0.493 e. The molecule has 20 heavy (non-hydrogen) atoms. The fourth-order valence-corrected chi connectivity index (χ4v) is 2.60. The van der Waals surface area contributed by atoms with Gasteiger partial charge in [0.25, 0.3) is 0 Å². The molecule has 1 unspecified atom stereocenters. The zero-order chi connectivity index (χ0) is 15.1. The summed E-state index contributed by atoms with van der Waals surface area (Å²) in [4.78, 5) is 0. The van der Waals surface area contributed by atoms with Gasteiger partial charge in [-0.05, 0) is 37.5 Å². The standard InChI is InChI=1S/C14H18F3NO2/c1-8(18)13(4-5-13)9-6-10(14(15,16)17)12(20-3)11(7-9)19-2/h6-8H,4-5,18H2,1-3H3. The molecule has 6 heteroatoms. The van der Waals surface area contributed by atoms with E-state index in [-0.39, 0.29) is 23.0 Å². The smallest absolute Gasteiger partial charge is 0.420 e. The van der Waals surface area contributed by atoms with E-state index < -0.39 is 11.7 Å². The van der Waals surface area contributed by atoms with Gasteiger partial charge in [-0.3, -0.25) is 0 Å². The first-order valence-corrected chi connectivity index (χ1v) is 6.35. The van der Waals surface area contributed by atoms with Crippen LogP contribution in [0.2, 0.25) is 0 Å². The first kappa shape index (κ1) is 15.0. The van der Waals surface area contributed by atoms with Crippen molar-refractivity contribution < 1.29 is 22.6 Å². The lowest BCUT2D eigenvalue weighted by atomic mass is 9.88. The van der Waals surface area contributed by atoms with E-state index in [2.05, 4.69) is 0 Å². The average Bonchev–Trinajstić information content (AvgIpc) is 3.17. The lowest BCUT2D eigenvalue weighted by Crippen LogP contribution is -2.31. The van der Waals surface area contributed by atoms with Gasteiger partial charge in [-0.15, -0.1) is 0 Å². The molecule has 2 rings (SSSR count). The second kappa shape index (κ2) is 4.84. The Morgan fingerprint density at radius 2 is 1.80 bits per heavy atom. The molecule has 0 bridgehead atoms. The molecule has 0 aliphatic heterocycles. The van der Waals surface area contributed by atoms with Gasteiger partial charge in [0.15, 0.2) is 11.5 Å². The van der Waals surface area contributed by atoms with E-state index in [1.165, 1.54) is 14.2 Å². The summed E-state index contributed by atoms with van der Waals surface area (Å²) in [7, 11) is 2.53. The Morgan fingerprint density at radius 1 is 1.20 bits per heavy atom. The quantitative estimate of drug-likeness (QED) is 0.926. The number of hydrogen-bond acceptors (Lipinski definition) is 3. The summed E-state index contributed by atoms with van der Waals surface area (Å²) in [6.45, 7) is 1.82. The maximum atomic E-state index is 13.2. The van der Waals surface area contributed by atoms with E-state index in [0.717, 1.165) is 18.9 Å². The summed E-state index contributed by atoms with van der Waals surface area (Å²) in [6.07, 6.45) is -2.92. The number of benzene rings is 1. The maximum absolute atomic E-state index is 13.2. The van der Waals surface area contributed by atoms with Gasteiger partial charge in [-0.25, -0.2) is 0 Å². The molecule has 1 saturated carbocycles. The third-order valence-electron chi connectivity index (χ3n) is 4.02. The zero-order valence-corrected chi connectivity index (χ0v) is 11.7. The van der Waals surface area contributed by atoms with Gasteiger partial charge in [-0.1, -0.05) is 0 Å². The number of methoxy groups -OCH3 is 2. The highest BCUT2D eigenvalue weighted by molar-refractivity contribution is 5.54. The normalized spacial score (nSPS) is 18.6. The predicted molar refractivity (Wildman–Crippen MR) is 69.1 cm³/mol. The van der Waals surface area contributed by atoms with E-state index in [1.54, 1.807) is 6.07 Å².